The number of likely N-dealkylation sites (N-methyl/N-ethyl adjacent to an activating group) is 1. The molecule has 2 aromatic rings. The number of carbonyl (C=O) groups is 2. The van der Waals surface area contributed by atoms with Gasteiger partial charge < -0.3 is 34.2 Å². The smallest absolute Gasteiger partial charge is 0.321 e. The molecule has 0 unspecified atom stereocenters. The van der Waals surface area contributed by atoms with Crippen LogP contribution in [0.5, 0.6) is 5.88 Å². The van der Waals surface area contributed by atoms with Crippen molar-refractivity contribution < 1.29 is 28.7 Å². The Kier molecular flexibility index (Phi) is 8.90. The van der Waals surface area contributed by atoms with Crippen molar-refractivity contribution in [3.63, 3.8) is 0 Å². The molecule has 36 heavy (non-hydrogen) atoms. The number of urea groups is 1. The first-order valence-electron chi connectivity index (χ1n) is 11.7. The van der Waals surface area contributed by atoms with Gasteiger partial charge in [0.25, 0.3) is 5.91 Å². The Morgan fingerprint density at radius 1 is 1.44 bits per heavy atom. The zero-order chi connectivity index (χ0) is 26.4. The Hall–Kier alpha value is -3.62. The van der Waals surface area contributed by atoms with Gasteiger partial charge in [-0.1, -0.05) is 23.9 Å². The van der Waals surface area contributed by atoms with Crippen molar-refractivity contribution in [3.05, 3.63) is 34.8 Å². The SMILES string of the molecule is COCC#Cc1cnc2c(c1)C(=O)N([C@H](C)CO)C[C@@H](C)[C@H](CN(C)C(=O)Nc1c(C)noc1C)O2. The van der Waals surface area contributed by atoms with Gasteiger partial charge in [-0.05, 0) is 26.8 Å². The van der Waals surface area contributed by atoms with Crippen LogP contribution in [-0.4, -0.2) is 89.6 Å². The second kappa shape index (κ2) is 11.9. The van der Waals surface area contributed by atoms with Crippen LogP contribution in [0.4, 0.5) is 10.5 Å². The third-order valence-electron chi connectivity index (χ3n) is 6.04. The molecule has 0 aliphatic carbocycles. The lowest BCUT2D eigenvalue weighted by Crippen LogP contribution is -2.50. The summed E-state index contributed by atoms with van der Waals surface area (Å²) in [6.07, 6.45) is 1.05. The molecule has 2 aromatic heterocycles. The van der Waals surface area contributed by atoms with Gasteiger partial charge in [-0.15, -0.1) is 0 Å². The minimum atomic E-state index is -0.483. The molecular weight excluding hydrogens is 466 g/mol. The molecule has 1 aliphatic rings. The number of pyridine rings is 1. The average molecular weight is 500 g/mol. The van der Waals surface area contributed by atoms with Crippen LogP contribution in [0.3, 0.4) is 0 Å². The number of nitrogens with one attached hydrogen (secondary N) is 1. The van der Waals surface area contributed by atoms with Gasteiger partial charge in [0.1, 0.15) is 29.7 Å². The molecule has 0 saturated carbocycles. The second-order valence-electron chi connectivity index (χ2n) is 8.94. The molecule has 3 heterocycles. The van der Waals surface area contributed by atoms with Crippen LogP contribution in [0.1, 0.15) is 41.2 Å². The maximum Gasteiger partial charge on any atom is 0.321 e. The van der Waals surface area contributed by atoms with E-state index in [2.05, 4.69) is 27.3 Å². The van der Waals surface area contributed by atoms with Gasteiger partial charge in [-0.3, -0.25) is 4.79 Å². The highest BCUT2D eigenvalue weighted by Gasteiger charge is 2.34. The van der Waals surface area contributed by atoms with E-state index >= 15 is 0 Å². The van der Waals surface area contributed by atoms with E-state index in [0.717, 1.165) is 0 Å². The summed E-state index contributed by atoms with van der Waals surface area (Å²) in [4.78, 5) is 33.8. The van der Waals surface area contributed by atoms with Crippen molar-refractivity contribution in [1.29, 1.82) is 0 Å². The van der Waals surface area contributed by atoms with Crippen molar-refractivity contribution in [2.75, 3.05) is 45.8 Å². The van der Waals surface area contributed by atoms with Gasteiger partial charge >= 0.3 is 6.03 Å². The zero-order valence-corrected chi connectivity index (χ0v) is 21.5. The number of amides is 3. The number of rotatable bonds is 6. The standard InChI is InChI=1S/C25H33N5O6/c1-15-12-30(16(2)14-31)24(32)20-10-19(8-7-9-34-6)11-26-23(20)35-21(15)13-29(5)25(33)27-22-17(3)28-36-18(22)4/h10-11,15-16,21,31H,9,12-14H2,1-6H3,(H,27,33)/t15-,16-,21+/m1/s1. The van der Waals surface area contributed by atoms with E-state index in [1.54, 1.807) is 45.9 Å². The van der Waals surface area contributed by atoms with E-state index in [0.29, 0.717) is 29.2 Å². The number of nitrogens with zero attached hydrogens (tertiary/aromatic N) is 4. The molecule has 11 nitrogen and oxygen atoms in total. The summed E-state index contributed by atoms with van der Waals surface area (Å²) in [5.41, 5.74) is 1.90. The van der Waals surface area contributed by atoms with Crippen LogP contribution in [0, 0.1) is 31.6 Å². The average Bonchev–Trinajstić information content (AvgIpc) is 3.18. The van der Waals surface area contributed by atoms with Gasteiger partial charge in [0, 0.05) is 38.4 Å². The molecule has 1 aliphatic heterocycles. The summed E-state index contributed by atoms with van der Waals surface area (Å²) in [7, 11) is 3.20. The molecule has 0 spiro atoms. The first kappa shape index (κ1) is 27.0. The molecular formula is C25H33N5O6. The largest absolute Gasteiger partial charge is 0.472 e. The highest BCUT2D eigenvalue weighted by Crippen LogP contribution is 2.27. The monoisotopic (exact) mass is 499 g/mol. The van der Waals surface area contributed by atoms with Crippen LogP contribution in [0.25, 0.3) is 0 Å². The van der Waals surface area contributed by atoms with Gasteiger partial charge in [0.15, 0.2) is 5.76 Å². The summed E-state index contributed by atoms with van der Waals surface area (Å²) in [5.74, 6) is 5.96. The number of anilines is 1. The zero-order valence-electron chi connectivity index (χ0n) is 21.5. The number of aliphatic hydroxyl groups excluding tert-OH is 1. The normalized spacial score (nSPS) is 18.2. The first-order chi connectivity index (χ1) is 17.2. The maximum atomic E-state index is 13.4. The third-order valence-corrected chi connectivity index (χ3v) is 6.04. The second-order valence-corrected chi connectivity index (χ2v) is 8.94. The fourth-order valence-corrected chi connectivity index (χ4v) is 3.82. The maximum absolute atomic E-state index is 13.4. The van der Waals surface area contributed by atoms with Crippen LogP contribution in [-0.2, 0) is 4.74 Å². The molecule has 0 saturated heterocycles. The van der Waals surface area contributed by atoms with Gasteiger partial charge in [-0.25, -0.2) is 9.78 Å². The number of aliphatic hydroxyl groups is 1. The van der Waals surface area contributed by atoms with E-state index < -0.39 is 12.1 Å². The van der Waals surface area contributed by atoms with Crippen LogP contribution >= 0.6 is 0 Å². The van der Waals surface area contributed by atoms with Crippen molar-refractivity contribution in [1.82, 2.24) is 19.9 Å². The van der Waals surface area contributed by atoms with E-state index in [1.807, 2.05) is 6.92 Å². The number of aryl methyl sites for hydroxylation is 2. The predicted octanol–water partition coefficient (Wildman–Crippen LogP) is 2.07. The van der Waals surface area contributed by atoms with Crippen molar-refractivity contribution in [2.45, 2.75) is 39.8 Å². The molecule has 194 valence electrons. The molecule has 2 N–H and O–H groups in total. The van der Waals surface area contributed by atoms with Crippen LogP contribution in [0.15, 0.2) is 16.8 Å². The van der Waals surface area contributed by atoms with E-state index in [4.69, 9.17) is 14.0 Å². The van der Waals surface area contributed by atoms with Crippen molar-refractivity contribution >= 4 is 17.6 Å². The lowest BCUT2D eigenvalue weighted by molar-refractivity contribution is 0.0356. The lowest BCUT2D eigenvalue weighted by atomic mass is 10.00. The third kappa shape index (κ3) is 6.13. The predicted molar refractivity (Wildman–Crippen MR) is 132 cm³/mol. The summed E-state index contributed by atoms with van der Waals surface area (Å²) >= 11 is 0. The summed E-state index contributed by atoms with van der Waals surface area (Å²) < 4.78 is 16.3. The Morgan fingerprint density at radius 3 is 2.83 bits per heavy atom. The lowest BCUT2D eigenvalue weighted by Gasteiger charge is -2.37. The molecule has 11 heteroatoms. The number of aromatic nitrogens is 2. The van der Waals surface area contributed by atoms with Crippen LogP contribution in [0.2, 0.25) is 0 Å². The minimum absolute atomic E-state index is 0.156. The molecule has 0 fully saturated rings. The topological polar surface area (TPSA) is 130 Å². The first-order valence-corrected chi connectivity index (χ1v) is 11.7. The molecule has 0 bridgehead atoms. The summed E-state index contributed by atoms with van der Waals surface area (Å²) in [5, 5.41) is 16.5. The van der Waals surface area contributed by atoms with E-state index in [1.165, 1.54) is 11.1 Å². The van der Waals surface area contributed by atoms with Crippen molar-refractivity contribution in [3.8, 4) is 17.7 Å². The molecule has 3 amide bonds. The number of hydrogen-bond acceptors (Lipinski definition) is 8. The molecule has 0 radical (unpaired) electrons. The summed E-state index contributed by atoms with van der Waals surface area (Å²) in [6.45, 7) is 7.78. The highest BCUT2D eigenvalue weighted by atomic mass is 16.5. The van der Waals surface area contributed by atoms with E-state index in [9.17, 15) is 14.7 Å². The molecule has 3 atom stereocenters. The Bertz CT molecular complexity index is 1130. The highest BCUT2D eigenvalue weighted by molar-refractivity contribution is 5.97. The molecule has 3 rings (SSSR count). The fraction of sp³-hybridized carbons (Fsp3) is 0.520. The van der Waals surface area contributed by atoms with E-state index in [-0.39, 0.29) is 49.1 Å². The number of carbonyl (C=O) groups excluding carboxylic acids is 2. The van der Waals surface area contributed by atoms with Crippen molar-refractivity contribution in [2.24, 2.45) is 5.92 Å². The molecule has 0 aromatic carbocycles. The van der Waals surface area contributed by atoms with Gasteiger partial charge in [0.2, 0.25) is 5.88 Å². The number of fused-ring (bicyclic) bond motifs is 1. The fourth-order valence-electron chi connectivity index (χ4n) is 3.82. The van der Waals surface area contributed by atoms with Gasteiger partial charge in [-0.2, -0.15) is 0 Å². The Morgan fingerprint density at radius 2 is 2.19 bits per heavy atom. The number of methoxy groups -OCH3 is 1. The quantitative estimate of drug-likeness (QED) is 0.578. The van der Waals surface area contributed by atoms with Crippen LogP contribution < -0.4 is 10.1 Å². The Labute approximate surface area is 210 Å². The summed E-state index contributed by atoms with van der Waals surface area (Å²) in [6, 6.07) is 0.858. The number of hydrogen-bond donors (Lipinski definition) is 2. The Balaban J connectivity index is 1.88. The minimum Gasteiger partial charge on any atom is -0.472 e. The van der Waals surface area contributed by atoms with Gasteiger partial charge in [0.05, 0.1) is 19.2 Å². The number of ether oxygens (including phenoxy) is 2.